The Morgan fingerprint density at radius 1 is 1.00 bits per heavy atom. The number of benzene rings is 3. The first-order chi connectivity index (χ1) is 14.0. The topological polar surface area (TPSA) is 49.4 Å². The first-order valence-electron chi connectivity index (χ1n) is 9.83. The Hall–Kier alpha value is -3.21. The molecule has 3 aromatic carbocycles. The average Bonchev–Trinajstić information content (AvgIpc) is 2.73. The van der Waals surface area contributed by atoms with Crippen LogP contribution in [0.1, 0.15) is 37.0 Å². The summed E-state index contributed by atoms with van der Waals surface area (Å²) in [6.45, 7) is 4.09. The number of halogens is 1. The largest absolute Gasteiger partial charge is 0.335 e. The van der Waals surface area contributed by atoms with Crippen molar-refractivity contribution in [3.05, 3.63) is 78.1 Å². The lowest BCUT2D eigenvalue weighted by atomic mass is 10.1. The Bertz CT molecular complexity index is 1020. The van der Waals surface area contributed by atoms with E-state index in [-0.39, 0.29) is 30.5 Å². The molecule has 0 radical (unpaired) electrons. The van der Waals surface area contributed by atoms with Gasteiger partial charge in [-0.2, -0.15) is 0 Å². The fourth-order valence-corrected chi connectivity index (χ4v) is 3.24. The molecule has 0 fully saturated rings. The van der Waals surface area contributed by atoms with Crippen molar-refractivity contribution in [1.82, 2.24) is 4.90 Å². The lowest BCUT2D eigenvalue weighted by Crippen LogP contribution is -2.40. The maximum atomic E-state index is 14.1. The summed E-state index contributed by atoms with van der Waals surface area (Å²) in [5, 5.41) is 5.03. The van der Waals surface area contributed by atoms with Gasteiger partial charge in [0.25, 0.3) is 5.91 Å². The zero-order valence-electron chi connectivity index (χ0n) is 16.7. The van der Waals surface area contributed by atoms with Crippen LogP contribution in [0.4, 0.5) is 10.1 Å². The molecule has 29 heavy (non-hydrogen) atoms. The number of hydrogen-bond acceptors (Lipinski definition) is 2. The summed E-state index contributed by atoms with van der Waals surface area (Å²) in [6, 6.07) is 19.5. The van der Waals surface area contributed by atoms with E-state index in [9.17, 15) is 14.0 Å². The van der Waals surface area contributed by atoms with Crippen LogP contribution in [0, 0.1) is 5.82 Å². The Morgan fingerprint density at radius 2 is 1.69 bits per heavy atom. The smallest absolute Gasteiger partial charge is 0.257 e. The van der Waals surface area contributed by atoms with Crippen LogP contribution in [0.25, 0.3) is 10.8 Å². The zero-order valence-corrected chi connectivity index (χ0v) is 16.7. The van der Waals surface area contributed by atoms with Gasteiger partial charge in [0.15, 0.2) is 0 Å². The van der Waals surface area contributed by atoms with E-state index >= 15 is 0 Å². The Labute approximate surface area is 170 Å². The fourth-order valence-electron chi connectivity index (χ4n) is 3.24. The summed E-state index contributed by atoms with van der Waals surface area (Å²) in [7, 11) is 0. The molecule has 0 saturated heterocycles. The average molecular weight is 392 g/mol. The lowest BCUT2D eigenvalue weighted by molar-refractivity contribution is -0.116. The number of nitrogens with zero attached hydrogens (tertiary/aromatic N) is 1. The number of amides is 2. The van der Waals surface area contributed by atoms with Gasteiger partial charge in [0.05, 0.1) is 5.56 Å². The molecule has 1 atom stereocenters. The molecule has 4 nitrogen and oxygen atoms in total. The van der Waals surface area contributed by atoms with Crippen LogP contribution in [0.15, 0.2) is 66.7 Å². The van der Waals surface area contributed by atoms with Crippen LogP contribution in [-0.4, -0.2) is 29.3 Å². The van der Waals surface area contributed by atoms with Crippen molar-refractivity contribution in [2.45, 2.75) is 32.7 Å². The van der Waals surface area contributed by atoms with Crippen molar-refractivity contribution in [3.8, 4) is 0 Å². The van der Waals surface area contributed by atoms with E-state index in [2.05, 4.69) is 5.32 Å². The molecule has 0 aliphatic carbocycles. The predicted molar refractivity (Wildman–Crippen MR) is 114 cm³/mol. The summed E-state index contributed by atoms with van der Waals surface area (Å²) in [6.07, 6.45) is 0.851. The minimum Gasteiger partial charge on any atom is -0.335 e. The maximum Gasteiger partial charge on any atom is 0.257 e. The summed E-state index contributed by atoms with van der Waals surface area (Å²) < 4.78 is 14.1. The second-order valence-electron chi connectivity index (χ2n) is 7.10. The van der Waals surface area contributed by atoms with E-state index in [4.69, 9.17) is 0 Å². The highest BCUT2D eigenvalue weighted by atomic mass is 19.1. The van der Waals surface area contributed by atoms with Crippen molar-refractivity contribution in [1.29, 1.82) is 0 Å². The molecule has 1 N–H and O–H groups in total. The molecule has 0 bridgehead atoms. The van der Waals surface area contributed by atoms with Crippen LogP contribution >= 0.6 is 0 Å². The van der Waals surface area contributed by atoms with Crippen molar-refractivity contribution in [2.24, 2.45) is 0 Å². The van der Waals surface area contributed by atoms with E-state index in [1.807, 2.05) is 56.3 Å². The van der Waals surface area contributed by atoms with Crippen molar-refractivity contribution in [2.75, 3.05) is 11.9 Å². The van der Waals surface area contributed by atoms with Gasteiger partial charge in [-0.25, -0.2) is 4.39 Å². The molecule has 0 spiro atoms. The lowest BCUT2D eigenvalue weighted by Gasteiger charge is -2.28. The van der Waals surface area contributed by atoms with Gasteiger partial charge in [-0.3, -0.25) is 9.59 Å². The first-order valence-corrected chi connectivity index (χ1v) is 9.83. The molecule has 3 aromatic rings. The fraction of sp³-hybridized carbons (Fsp3) is 0.250. The zero-order chi connectivity index (χ0) is 20.8. The minimum atomic E-state index is -0.550. The number of nitrogens with one attached hydrogen (secondary N) is 1. The summed E-state index contributed by atoms with van der Waals surface area (Å²) in [5.41, 5.74) is 0.743. The van der Waals surface area contributed by atoms with E-state index in [1.54, 1.807) is 17.0 Å². The van der Waals surface area contributed by atoms with E-state index in [1.165, 1.54) is 12.1 Å². The Morgan fingerprint density at radius 3 is 2.41 bits per heavy atom. The summed E-state index contributed by atoms with van der Waals surface area (Å²) in [5.74, 6) is -1.13. The third kappa shape index (κ3) is 4.99. The minimum absolute atomic E-state index is 0.0303. The van der Waals surface area contributed by atoms with Gasteiger partial charge in [-0.15, -0.1) is 0 Å². The monoisotopic (exact) mass is 392 g/mol. The van der Waals surface area contributed by atoms with Crippen molar-refractivity contribution in [3.63, 3.8) is 0 Å². The first kappa shape index (κ1) is 20.5. The van der Waals surface area contributed by atoms with Gasteiger partial charge < -0.3 is 10.2 Å². The van der Waals surface area contributed by atoms with Gasteiger partial charge in [0, 0.05) is 24.7 Å². The van der Waals surface area contributed by atoms with Crippen molar-refractivity contribution < 1.29 is 14.0 Å². The molecule has 0 aliphatic heterocycles. The Balaban J connectivity index is 1.67. The number of hydrogen-bond donors (Lipinski definition) is 1. The number of fused-ring (bicyclic) bond motifs is 1. The highest BCUT2D eigenvalue weighted by Gasteiger charge is 2.23. The molecule has 5 heteroatoms. The highest BCUT2D eigenvalue weighted by molar-refractivity contribution is 5.96. The van der Waals surface area contributed by atoms with Crippen LogP contribution in [0.3, 0.4) is 0 Å². The highest BCUT2D eigenvalue weighted by Crippen LogP contribution is 2.19. The number of carbonyl (C=O) groups is 2. The van der Waals surface area contributed by atoms with Gasteiger partial charge in [-0.05, 0) is 48.4 Å². The molecule has 0 saturated carbocycles. The second kappa shape index (κ2) is 9.32. The third-order valence-electron chi connectivity index (χ3n) is 5.10. The van der Waals surface area contributed by atoms with Crippen LogP contribution in [0.2, 0.25) is 0 Å². The molecule has 0 aliphatic rings. The normalized spacial score (nSPS) is 11.8. The summed E-state index contributed by atoms with van der Waals surface area (Å²) >= 11 is 0. The SMILES string of the molecule is CCC(C)N(CCC(=O)Nc1ccc2ccccc2c1)C(=O)c1ccccc1F. The molecule has 3 rings (SSSR count). The Kier molecular flexibility index (Phi) is 6.60. The summed E-state index contributed by atoms with van der Waals surface area (Å²) in [4.78, 5) is 26.9. The van der Waals surface area contributed by atoms with Crippen LogP contribution in [0.5, 0.6) is 0 Å². The van der Waals surface area contributed by atoms with E-state index in [0.29, 0.717) is 12.1 Å². The molecular weight excluding hydrogens is 367 g/mol. The van der Waals surface area contributed by atoms with Gasteiger partial charge in [0.1, 0.15) is 5.82 Å². The number of carbonyl (C=O) groups excluding carboxylic acids is 2. The molecule has 2 amide bonds. The molecule has 150 valence electrons. The third-order valence-corrected chi connectivity index (χ3v) is 5.10. The van der Waals surface area contributed by atoms with Crippen LogP contribution < -0.4 is 5.32 Å². The molecule has 1 unspecified atom stereocenters. The van der Waals surface area contributed by atoms with E-state index < -0.39 is 11.7 Å². The maximum absolute atomic E-state index is 14.1. The van der Waals surface area contributed by atoms with E-state index in [0.717, 1.165) is 10.8 Å². The van der Waals surface area contributed by atoms with Crippen LogP contribution in [-0.2, 0) is 4.79 Å². The predicted octanol–water partition coefficient (Wildman–Crippen LogP) is 5.25. The molecule has 0 aromatic heterocycles. The van der Waals surface area contributed by atoms with Crippen molar-refractivity contribution >= 4 is 28.3 Å². The number of anilines is 1. The molecular formula is C24H25FN2O2. The quantitative estimate of drug-likeness (QED) is 0.597. The van der Waals surface area contributed by atoms with Gasteiger partial charge >= 0.3 is 0 Å². The number of rotatable bonds is 7. The second-order valence-corrected chi connectivity index (χ2v) is 7.10. The van der Waals surface area contributed by atoms with Gasteiger partial charge in [-0.1, -0.05) is 49.4 Å². The molecule has 0 heterocycles. The standard InChI is InChI=1S/C24H25FN2O2/c1-3-17(2)27(24(29)21-10-6-7-11-22(21)25)15-14-23(28)26-20-13-12-18-8-4-5-9-19(18)16-20/h4-13,16-17H,3,14-15H2,1-2H3,(H,26,28). The van der Waals surface area contributed by atoms with Gasteiger partial charge in [0.2, 0.25) is 5.91 Å².